The Kier molecular flexibility index (Phi) is 13.7. The number of halogens is 4. The van der Waals surface area contributed by atoms with E-state index >= 15 is 0 Å². The van der Waals surface area contributed by atoms with Crippen LogP contribution < -0.4 is 9.47 Å². The van der Waals surface area contributed by atoms with Gasteiger partial charge in [-0.05, 0) is 50.2 Å². The van der Waals surface area contributed by atoms with E-state index in [-0.39, 0.29) is 17.6 Å². The summed E-state index contributed by atoms with van der Waals surface area (Å²) in [5.74, 6) is -0.987. The van der Waals surface area contributed by atoms with Crippen molar-refractivity contribution in [3.05, 3.63) is 22.7 Å². The number of carboxylic acid groups (broad SMARTS) is 1. The molecule has 1 aromatic rings. The van der Waals surface area contributed by atoms with E-state index in [1.165, 1.54) is 52.1 Å². The van der Waals surface area contributed by atoms with E-state index in [1.54, 1.807) is 19.2 Å². The van der Waals surface area contributed by atoms with Gasteiger partial charge in [0.05, 0.1) is 19.2 Å². The Morgan fingerprint density at radius 3 is 2.20 bits per heavy atom. The zero-order valence-electron chi connectivity index (χ0n) is 28.9. The summed E-state index contributed by atoms with van der Waals surface area (Å²) in [4.78, 5) is 42.3. The number of hydrogen-bond acceptors (Lipinski definition) is 7. The maximum atomic E-state index is 13.5. The Bertz CT molecular complexity index is 1280. The lowest BCUT2D eigenvalue weighted by Crippen LogP contribution is -2.61. The van der Waals surface area contributed by atoms with Crippen LogP contribution in [0.4, 0.5) is 18.0 Å². The van der Waals surface area contributed by atoms with Gasteiger partial charge >= 0.3 is 18.2 Å². The average Bonchev–Trinajstić information content (AvgIpc) is 3.09. The van der Waals surface area contributed by atoms with Gasteiger partial charge in [0.1, 0.15) is 16.9 Å². The van der Waals surface area contributed by atoms with Crippen LogP contribution in [0.25, 0.3) is 0 Å². The first-order valence-electron chi connectivity index (χ1n) is 17.5. The number of unbranched alkanes of at least 4 members (excludes halogenated alkanes) is 1. The molecule has 1 N–H and O–H groups in total. The number of hydrogen-bond donors (Lipinski definition) is 1. The number of methoxy groups -OCH3 is 2. The molecule has 5 rings (SSSR count). The predicted octanol–water partition coefficient (Wildman–Crippen LogP) is 7.27. The summed E-state index contributed by atoms with van der Waals surface area (Å²) in [5.41, 5.74) is 0.0583. The van der Waals surface area contributed by atoms with Crippen LogP contribution in [0.1, 0.15) is 94.3 Å². The summed E-state index contributed by atoms with van der Waals surface area (Å²) in [6.07, 6.45) is 8.35. The van der Waals surface area contributed by atoms with E-state index in [4.69, 9.17) is 35.7 Å². The van der Waals surface area contributed by atoms with E-state index in [0.29, 0.717) is 53.1 Å². The van der Waals surface area contributed by atoms with Crippen molar-refractivity contribution in [1.29, 1.82) is 0 Å². The van der Waals surface area contributed by atoms with Crippen LogP contribution in [-0.4, -0.2) is 109 Å². The lowest BCUT2D eigenvalue weighted by atomic mass is 9.75. The highest BCUT2D eigenvalue weighted by molar-refractivity contribution is 6.32. The molecule has 1 atom stereocenters. The molecule has 4 aliphatic rings. The second kappa shape index (κ2) is 17.3. The van der Waals surface area contributed by atoms with Gasteiger partial charge in [-0.1, -0.05) is 50.6 Å². The predicted molar refractivity (Wildman–Crippen MR) is 178 cm³/mol. The average molecular weight is 718 g/mol. The first-order valence-corrected chi connectivity index (χ1v) is 17.9. The van der Waals surface area contributed by atoms with Crippen LogP contribution in [0.3, 0.4) is 0 Å². The second-order valence-corrected chi connectivity index (χ2v) is 14.1. The molecule has 49 heavy (non-hydrogen) atoms. The van der Waals surface area contributed by atoms with Gasteiger partial charge in [0.2, 0.25) is 0 Å². The number of carboxylic acids is 1. The Morgan fingerprint density at radius 2 is 1.65 bits per heavy atom. The smallest absolute Gasteiger partial charge is 0.490 e. The number of carbonyl (C=O) groups excluding carboxylic acids is 2. The Balaban J connectivity index is 0.000000698. The Morgan fingerprint density at radius 1 is 1.02 bits per heavy atom. The van der Waals surface area contributed by atoms with Crippen molar-refractivity contribution < 1.29 is 46.9 Å². The molecule has 1 unspecified atom stereocenters. The van der Waals surface area contributed by atoms with Gasteiger partial charge in [0.15, 0.2) is 5.75 Å². The number of ether oxygens (including phenoxy) is 3. The minimum absolute atomic E-state index is 0.0829. The normalized spacial score (nSPS) is 22.3. The summed E-state index contributed by atoms with van der Waals surface area (Å²) >= 11 is 6.33. The minimum atomic E-state index is -5.08. The number of rotatable bonds is 9. The number of benzene rings is 1. The Labute approximate surface area is 292 Å². The molecule has 10 nitrogen and oxygen atoms in total. The molecule has 3 saturated heterocycles. The van der Waals surface area contributed by atoms with Crippen molar-refractivity contribution >= 4 is 29.6 Å². The molecule has 2 amide bonds. The van der Waals surface area contributed by atoms with Crippen molar-refractivity contribution in [3.8, 4) is 11.5 Å². The fraction of sp³-hybridized carbons (Fsp3) is 0.743. The third kappa shape index (κ3) is 9.65. The highest BCUT2D eigenvalue weighted by Crippen LogP contribution is 2.43. The summed E-state index contributed by atoms with van der Waals surface area (Å²) in [5, 5.41) is 7.52. The number of carbonyl (C=O) groups is 3. The molecule has 1 spiro atoms. The first-order chi connectivity index (χ1) is 23.3. The molecule has 1 aromatic carbocycles. The molecule has 3 heterocycles. The van der Waals surface area contributed by atoms with Gasteiger partial charge in [0.25, 0.3) is 5.91 Å². The summed E-state index contributed by atoms with van der Waals surface area (Å²) in [6, 6.07) is 3.83. The summed E-state index contributed by atoms with van der Waals surface area (Å²) in [7, 11) is 3.08. The van der Waals surface area contributed by atoms with Gasteiger partial charge < -0.3 is 29.1 Å². The second-order valence-electron chi connectivity index (χ2n) is 13.7. The quantitative estimate of drug-likeness (QED) is 0.284. The zero-order chi connectivity index (χ0) is 35.8. The SMILES string of the molecule is CCCCC1CN(CC2CCCCC2)C(=O)OC12CCN(C1CCN(C(=O)c3c(OC)ccc(Cl)c3OC)CC1)CC2.O=C(O)C(F)(F)F. The molecule has 0 radical (unpaired) electrons. The molecular formula is C35H51ClF3N3O7. The largest absolute Gasteiger partial charge is 0.496 e. The van der Waals surface area contributed by atoms with Crippen molar-refractivity contribution in [1.82, 2.24) is 14.7 Å². The van der Waals surface area contributed by atoms with E-state index in [0.717, 1.165) is 58.3 Å². The summed E-state index contributed by atoms with van der Waals surface area (Å²) in [6.45, 7) is 7.20. The summed E-state index contributed by atoms with van der Waals surface area (Å²) < 4.78 is 49.1. The number of alkyl halides is 3. The van der Waals surface area contributed by atoms with Crippen LogP contribution in [0.2, 0.25) is 5.02 Å². The molecule has 14 heteroatoms. The fourth-order valence-corrected chi connectivity index (χ4v) is 8.18. The third-order valence-electron chi connectivity index (χ3n) is 10.7. The maximum absolute atomic E-state index is 13.5. The Hall–Kier alpha value is -2.93. The molecular weight excluding hydrogens is 667 g/mol. The zero-order valence-corrected chi connectivity index (χ0v) is 29.6. The molecule has 276 valence electrons. The number of piperidine rings is 2. The van der Waals surface area contributed by atoms with Gasteiger partial charge in [-0.2, -0.15) is 13.2 Å². The van der Waals surface area contributed by atoms with Crippen LogP contribution in [0, 0.1) is 11.8 Å². The number of nitrogens with zero attached hydrogens (tertiary/aromatic N) is 3. The standard InChI is InChI=1S/C33H50ClN3O5.C2HF3O2/c1-4-5-11-25-23-37(22-24-9-7-6-8-10-24)32(39)42-33(25)16-20-35(21-17-33)26-14-18-36(19-15-26)31(38)29-28(40-2)13-12-27(34)30(29)41-3;3-2(4,5)1(6)7/h12-13,24-26H,4-11,14-23H2,1-3H3;(H,6,7). The third-order valence-corrected chi connectivity index (χ3v) is 11.0. The van der Waals surface area contributed by atoms with Gasteiger partial charge in [-0.15, -0.1) is 0 Å². The van der Waals surface area contributed by atoms with E-state index in [1.807, 2.05) is 9.80 Å². The lowest BCUT2D eigenvalue weighted by molar-refractivity contribution is -0.192. The number of amides is 2. The van der Waals surface area contributed by atoms with Crippen LogP contribution in [-0.2, 0) is 9.53 Å². The lowest BCUT2D eigenvalue weighted by Gasteiger charge is -2.52. The topological polar surface area (TPSA) is 109 Å². The van der Waals surface area contributed by atoms with Crippen molar-refractivity contribution in [2.45, 2.75) is 102 Å². The van der Waals surface area contributed by atoms with Crippen LogP contribution >= 0.6 is 11.6 Å². The van der Waals surface area contributed by atoms with Crippen LogP contribution in [0.5, 0.6) is 11.5 Å². The number of aliphatic carboxylic acids is 1. The van der Waals surface area contributed by atoms with E-state index in [9.17, 15) is 22.8 Å². The molecule has 0 bridgehead atoms. The van der Waals surface area contributed by atoms with Crippen molar-refractivity contribution in [2.24, 2.45) is 11.8 Å². The molecule has 0 aromatic heterocycles. The van der Waals surface area contributed by atoms with Gasteiger partial charge in [-0.25, -0.2) is 9.59 Å². The van der Waals surface area contributed by atoms with Crippen LogP contribution in [0.15, 0.2) is 12.1 Å². The van der Waals surface area contributed by atoms with E-state index in [2.05, 4.69) is 11.8 Å². The fourth-order valence-electron chi connectivity index (χ4n) is 7.95. The first kappa shape index (κ1) is 38.9. The molecule has 4 fully saturated rings. The van der Waals surface area contributed by atoms with E-state index < -0.39 is 12.1 Å². The molecule has 1 saturated carbocycles. The number of likely N-dealkylation sites (tertiary alicyclic amines) is 2. The highest BCUT2D eigenvalue weighted by atomic mass is 35.5. The van der Waals surface area contributed by atoms with Crippen molar-refractivity contribution in [2.75, 3.05) is 53.5 Å². The molecule has 1 aliphatic carbocycles. The minimum Gasteiger partial charge on any atom is -0.496 e. The van der Waals surface area contributed by atoms with Crippen molar-refractivity contribution in [3.63, 3.8) is 0 Å². The maximum Gasteiger partial charge on any atom is 0.490 e. The monoisotopic (exact) mass is 717 g/mol. The molecule has 3 aliphatic heterocycles. The van der Waals surface area contributed by atoms with Gasteiger partial charge in [-0.3, -0.25) is 9.69 Å². The van der Waals surface area contributed by atoms with Gasteiger partial charge in [0, 0.05) is 64.1 Å². The highest BCUT2D eigenvalue weighted by Gasteiger charge is 2.50.